The van der Waals surface area contributed by atoms with Gasteiger partial charge >= 0.3 is 0 Å². The Hall–Kier alpha value is -3.39. The number of amides is 2. The van der Waals surface area contributed by atoms with Crippen molar-refractivity contribution in [2.24, 2.45) is 0 Å². The quantitative estimate of drug-likeness (QED) is 0.456. The number of hydrogen-bond acceptors (Lipinski definition) is 5. The summed E-state index contributed by atoms with van der Waals surface area (Å²) < 4.78 is 24.1. The topological polar surface area (TPSA) is 59.1 Å². The first-order valence-corrected chi connectivity index (χ1v) is 12.2. The third kappa shape index (κ3) is 5.39. The van der Waals surface area contributed by atoms with E-state index < -0.39 is 0 Å². The molecule has 0 radical (unpaired) electrons. The van der Waals surface area contributed by atoms with Crippen molar-refractivity contribution in [3.05, 3.63) is 81.8 Å². The fraction of sp³-hybridized carbons (Fsp3) is 0.308. The van der Waals surface area contributed by atoms with Crippen molar-refractivity contribution in [1.82, 2.24) is 9.80 Å². The van der Waals surface area contributed by atoms with Crippen molar-refractivity contribution in [2.45, 2.75) is 38.4 Å². The molecular weight excluding hydrogens is 455 g/mol. The van der Waals surface area contributed by atoms with Gasteiger partial charge in [0.25, 0.3) is 0 Å². The summed E-state index contributed by atoms with van der Waals surface area (Å²) in [5.74, 6) is 0.825. The van der Waals surface area contributed by atoms with E-state index in [9.17, 15) is 14.0 Å². The molecule has 1 aromatic heterocycles. The lowest BCUT2D eigenvalue weighted by Gasteiger charge is -2.28. The maximum atomic E-state index is 13.5. The summed E-state index contributed by atoms with van der Waals surface area (Å²) in [5, 5.41) is 1.99. The number of carbonyl (C=O) groups excluding carboxylic acids is 2. The maximum absolute atomic E-state index is 13.5. The van der Waals surface area contributed by atoms with Crippen LogP contribution >= 0.6 is 11.3 Å². The maximum Gasteiger partial charge on any atom is 0.242 e. The molecule has 5 rings (SSSR count). The molecule has 0 atom stereocenters. The lowest BCUT2D eigenvalue weighted by Crippen LogP contribution is -2.44. The average Bonchev–Trinajstić information content (AvgIpc) is 3.33. The normalized spacial score (nSPS) is 14.1. The zero-order chi connectivity index (χ0) is 23.5. The predicted molar refractivity (Wildman–Crippen MR) is 126 cm³/mol. The molecule has 2 amide bonds. The molecule has 0 spiro atoms. The average molecular weight is 481 g/mol. The highest BCUT2D eigenvalue weighted by Gasteiger charge is 2.34. The smallest absolute Gasteiger partial charge is 0.242 e. The first-order chi connectivity index (χ1) is 16.5. The van der Waals surface area contributed by atoms with E-state index in [0.29, 0.717) is 24.6 Å². The number of thiophene rings is 1. The number of benzene rings is 2. The molecule has 1 aliphatic heterocycles. The highest BCUT2D eigenvalue weighted by atomic mass is 32.1. The second-order valence-corrected chi connectivity index (χ2v) is 9.61. The lowest BCUT2D eigenvalue weighted by molar-refractivity contribution is -0.141. The van der Waals surface area contributed by atoms with Gasteiger partial charge < -0.3 is 19.3 Å². The molecule has 0 saturated heterocycles. The van der Waals surface area contributed by atoms with Gasteiger partial charge in [-0.15, -0.1) is 11.3 Å². The van der Waals surface area contributed by atoms with Crippen molar-refractivity contribution >= 4 is 23.2 Å². The number of nitrogens with zero attached hydrogens (tertiary/aromatic N) is 2. The van der Waals surface area contributed by atoms with E-state index in [1.807, 2.05) is 35.7 Å². The van der Waals surface area contributed by atoms with Gasteiger partial charge in [0.1, 0.15) is 12.4 Å². The third-order valence-corrected chi connectivity index (χ3v) is 6.83. The summed E-state index contributed by atoms with van der Waals surface area (Å²) >= 11 is 1.60. The van der Waals surface area contributed by atoms with Crippen molar-refractivity contribution < 1.29 is 23.5 Å². The monoisotopic (exact) mass is 480 g/mol. The third-order valence-electron chi connectivity index (χ3n) is 5.97. The van der Waals surface area contributed by atoms with Gasteiger partial charge in [-0.2, -0.15) is 0 Å². The standard InChI is InChI=1S/C26H25FN2O4S/c27-20-6-3-18(4-7-20)13-25(30)29(21-8-9-21)16-26(31)28(15-22-2-1-11-34-22)14-19-5-10-23-24(12-19)33-17-32-23/h1-7,10-12,21H,8-9,13-17H2. The summed E-state index contributed by atoms with van der Waals surface area (Å²) in [7, 11) is 0. The SMILES string of the molecule is O=C(CN(C(=O)Cc1ccc(F)cc1)C1CC1)N(Cc1ccc2c(c1)OCO2)Cc1cccs1. The van der Waals surface area contributed by atoms with Crippen LogP contribution in [0, 0.1) is 5.82 Å². The molecule has 34 heavy (non-hydrogen) atoms. The summed E-state index contributed by atoms with van der Waals surface area (Å²) in [4.78, 5) is 31.1. The molecular formula is C26H25FN2O4S. The van der Waals surface area contributed by atoms with E-state index in [1.54, 1.807) is 33.3 Å². The summed E-state index contributed by atoms with van der Waals surface area (Å²) in [6, 6.07) is 15.7. The molecule has 8 heteroatoms. The van der Waals surface area contributed by atoms with Gasteiger partial charge in [-0.25, -0.2) is 4.39 Å². The molecule has 176 valence electrons. The van der Waals surface area contributed by atoms with Crippen LogP contribution in [0.2, 0.25) is 0 Å². The van der Waals surface area contributed by atoms with Gasteiger partial charge in [-0.05, 0) is 59.7 Å². The first kappa shape index (κ1) is 22.4. The van der Waals surface area contributed by atoms with Gasteiger partial charge in [0, 0.05) is 17.5 Å². The van der Waals surface area contributed by atoms with Crippen LogP contribution in [0.3, 0.4) is 0 Å². The largest absolute Gasteiger partial charge is 0.454 e. The number of fused-ring (bicyclic) bond motifs is 1. The molecule has 1 saturated carbocycles. The molecule has 1 aliphatic carbocycles. The number of hydrogen-bond donors (Lipinski definition) is 0. The van der Waals surface area contributed by atoms with Gasteiger partial charge in [0.15, 0.2) is 11.5 Å². The van der Waals surface area contributed by atoms with Gasteiger partial charge in [-0.3, -0.25) is 9.59 Å². The van der Waals surface area contributed by atoms with E-state index in [-0.39, 0.29) is 43.4 Å². The molecule has 2 heterocycles. The number of carbonyl (C=O) groups is 2. The Morgan fingerprint density at radius 2 is 1.71 bits per heavy atom. The minimum Gasteiger partial charge on any atom is -0.454 e. The molecule has 6 nitrogen and oxygen atoms in total. The molecule has 0 bridgehead atoms. The predicted octanol–water partition coefficient (Wildman–Crippen LogP) is 4.38. The summed E-state index contributed by atoms with van der Waals surface area (Å²) in [5.41, 5.74) is 1.67. The highest BCUT2D eigenvalue weighted by molar-refractivity contribution is 7.09. The Bertz CT molecular complexity index is 1160. The minimum atomic E-state index is -0.335. The van der Waals surface area contributed by atoms with Crippen LogP contribution in [0.5, 0.6) is 11.5 Å². The van der Waals surface area contributed by atoms with Crippen LogP contribution in [0.25, 0.3) is 0 Å². The summed E-state index contributed by atoms with van der Waals surface area (Å²) in [6.07, 6.45) is 1.95. The highest BCUT2D eigenvalue weighted by Crippen LogP contribution is 2.33. The number of halogens is 1. The van der Waals surface area contributed by atoms with E-state index in [2.05, 4.69) is 0 Å². The Balaban J connectivity index is 1.31. The zero-order valence-corrected chi connectivity index (χ0v) is 19.4. The molecule has 0 unspecified atom stereocenters. The Kier molecular flexibility index (Phi) is 6.49. The Morgan fingerprint density at radius 3 is 2.44 bits per heavy atom. The summed E-state index contributed by atoms with van der Waals surface area (Å²) in [6.45, 7) is 1.09. The van der Waals surface area contributed by atoms with Crippen molar-refractivity contribution in [3.8, 4) is 11.5 Å². The fourth-order valence-electron chi connectivity index (χ4n) is 4.01. The second kappa shape index (κ2) is 9.85. The molecule has 0 N–H and O–H groups in total. The molecule has 1 fully saturated rings. The molecule has 2 aliphatic rings. The van der Waals surface area contributed by atoms with Crippen LogP contribution in [0.15, 0.2) is 60.0 Å². The Labute approximate surface area is 201 Å². The van der Waals surface area contributed by atoms with Crippen molar-refractivity contribution in [3.63, 3.8) is 0 Å². The van der Waals surface area contributed by atoms with Crippen LogP contribution in [0.1, 0.15) is 28.8 Å². The van der Waals surface area contributed by atoms with Crippen LogP contribution in [-0.4, -0.2) is 41.0 Å². The van der Waals surface area contributed by atoms with E-state index in [0.717, 1.165) is 28.8 Å². The second-order valence-electron chi connectivity index (χ2n) is 8.57. The van der Waals surface area contributed by atoms with E-state index >= 15 is 0 Å². The van der Waals surface area contributed by atoms with Crippen LogP contribution in [0.4, 0.5) is 4.39 Å². The first-order valence-electron chi connectivity index (χ1n) is 11.3. The Morgan fingerprint density at radius 1 is 0.941 bits per heavy atom. The van der Waals surface area contributed by atoms with Gasteiger partial charge in [0.2, 0.25) is 18.6 Å². The van der Waals surface area contributed by atoms with Crippen LogP contribution in [-0.2, 0) is 29.1 Å². The van der Waals surface area contributed by atoms with E-state index in [1.165, 1.54) is 12.1 Å². The fourth-order valence-corrected chi connectivity index (χ4v) is 4.73. The number of rotatable bonds is 9. The zero-order valence-electron chi connectivity index (χ0n) is 18.6. The number of ether oxygens (including phenoxy) is 2. The molecule has 2 aromatic carbocycles. The molecule has 3 aromatic rings. The minimum absolute atomic E-state index is 0.0284. The lowest BCUT2D eigenvalue weighted by atomic mass is 10.1. The van der Waals surface area contributed by atoms with Gasteiger partial charge in [-0.1, -0.05) is 24.3 Å². The van der Waals surface area contributed by atoms with Crippen LogP contribution < -0.4 is 9.47 Å². The van der Waals surface area contributed by atoms with E-state index in [4.69, 9.17) is 9.47 Å². The van der Waals surface area contributed by atoms with Gasteiger partial charge in [0.05, 0.1) is 13.0 Å². The van der Waals surface area contributed by atoms with Crippen molar-refractivity contribution in [1.29, 1.82) is 0 Å². The van der Waals surface area contributed by atoms with Crippen molar-refractivity contribution in [2.75, 3.05) is 13.3 Å².